The molecule has 5 aliphatic rings. The van der Waals surface area contributed by atoms with Crippen LogP contribution in [0.2, 0.25) is 0 Å². The average molecular weight is 750 g/mol. The summed E-state index contributed by atoms with van der Waals surface area (Å²) in [5.74, 6) is 1.73. The third-order valence-electron chi connectivity index (χ3n) is 12.6. The van der Waals surface area contributed by atoms with Crippen LogP contribution in [0.5, 0.6) is 11.8 Å². The Labute approximate surface area is 318 Å². The molecule has 4 unspecified atom stereocenters. The van der Waals surface area contributed by atoms with Gasteiger partial charge in [-0.25, -0.2) is 8.78 Å². The number of aromatic nitrogens is 4. The number of hydrogen-bond acceptors (Lipinski definition) is 10. The number of terminal acetylenes is 1. The molecular weight excluding hydrogens is 705 g/mol. The maximum absolute atomic E-state index is 17.8. The van der Waals surface area contributed by atoms with E-state index in [2.05, 4.69) is 20.6 Å². The Kier molecular flexibility index (Phi) is 8.40. The van der Waals surface area contributed by atoms with Gasteiger partial charge in [-0.2, -0.15) is 15.1 Å². The van der Waals surface area contributed by atoms with E-state index in [9.17, 15) is 5.11 Å². The first-order valence-electron chi connectivity index (χ1n) is 19.5. The minimum Gasteiger partial charge on any atom is -0.508 e. The molecule has 5 aromatic rings. The minimum atomic E-state index is -0.659. The molecule has 2 aromatic heterocycles. The van der Waals surface area contributed by atoms with Gasteiger partial charge in [0.15, 0.2) is 5.82 Å². The standard InChI is InChI=1S/C42H45F2N7O4/c1-4-28-31(43)9-6-24-16-27(52)17-29(34(24)28)35-37(44)39-36(30-21-48(2)47-38(30)35)40(51-25-7-8-26(51)20-49(19-25)12-5-14-53-3)46-41(45-39)55-23-42(10-11-42)22-50-13-15-54-33-18-32(33)50/h1,6,9,16-17,21,25-26,32-33,52H,5,7-8,10-15,18-20,22-23H2,2-3H3. The smallest absolute Gasteiger partial charge is 0.319 e. The predicted octanol–water partition coefficient (Wildman–Crippen LogP) is 5.62. The van der Waals surface area contributed by atoms with Crippen molar-refractivity contribution in [1.82, 2.24) is 29.5 Å². The summed E-state index contributed by atoms with van der Waals surface area (Å²) in [6.07, 6.45) is 14.2. The monoisotopic (exact) mass is 749 g/mol. The Hall–Kier alpha value is -4.61. The number of piperazine rings is 1. The molecule has 13 heteroatoms. The van der Waals surface area contributed by atoms with Gasteiger partial charge in [-0.1, -0.05) is 12.0 Å². The number of benzene rings is 3. The maximum atomic E-state index is 17.8. The Morgan fingerprint density at radius 2 is 1.91 bits per heavy atom. The highest BCUT2D eigenvalue weighted by molar-refractivity contribution is 6.18. The fraction of sp³-hybridized carbons (Fsp3) is 0.500. The Bertz CT molecular complexity index is 2380. The molecule has 2 bridgehead atoms. The van der Waals surface area contributed by atoms with E-state index in [0.29, 0.717) is 58.2 Å². The lowest BCUT2D eigenvalue weighted by molar-refractivity contribution is 0.0179. The zero-order valence-electron chi connectivity index (χ0n) is 31.2. The summed E-state index contributed by atoms with van der Waals surface area (Å²) in [7, 11) is 3.52. The summed E-state index contributed by atoms with van der Waals surface area (Å²) in [4.78, 5) is 17.5. The largest absolute Gasteiger partial charge is 0.508 e. The molecule has 5 fully saturated rings. The summed E-state index contributed by atoms with van der Waals surface area (Å²) in [6.45, 7) is 6.42. The summed E-state index contributed by atoms with van der Waals surface area (Å²) in [6, 6.07) is 6.68. The lowest BCUT2D eigenvalue weighted by atomic mass is 9.91. The van der Waals surface area contributed by atoms with E-state index in [1.165, 1.54) is 24.3 Å². The van der Waals surface area contributed by atoms with Gasteiger partial charge in [0.05, 0.1) is 30.3 Å². The van der Waals surface area contributed by atoms with E-state index < -0.39 is 11.6 Å². The van der Waals surface area contributed by atoms with Gasteiger partial charge in [-0.3, -0.25) is 14.5 Å². The van der Waals surface area contributed by atoms with Crippen LogP contribution >= 0.6 is 0 Å². The summed E-state index contributed by atoms with van der Waals surface area (Å²) < 4.78 is 52.5. The van der Waals surface area contributed by atoms with Crippen LogP contribution in [0.25, 0.3) is 43.7 Å². The second-order valence-corrected chi connectivity index (χ2v) is 16.3. The van der Waals surface area contributed by atoms with Crippen LogP contribution in [-0.4, -0.2) is 119 Å². The first kappa shape index (κ1) is 34.8. The second kappa shape index (κ2) is 13.3. The van der Waals surface area contributed by atoms with Crippen molar-refractivity contribution in [2.24, 2.45) is 12.5 Å². The number of rotatable bonds is 11. The molecule has 3 saturated heterocycles. The average Bonchev–Trinajstić information content (AvgIpc) is 4.08. The number of methoxy groups -OCH3 is 1. The van der Waals surface area contributed by atoms with Gasteiger partial charge in [0.25, 0.3) is 0 Å². The minimum absolute atomic E-state index is 0.0109. The zero-order valence-corrected chi connectivity index (χ0v) is 31.2. The number of phenols is 1. The number of aromatic hydroxyl groups is 1. The number of halogens is 2. The molecule has 11 nitrogen and oxygen atoms in total. The second-order valence-electron chi connectivity index (χ2n) is 16.3. The van der Waals surface area contributed by atoms with Gasteiger partial charge >= 0.3 is 6.01 Å². The number of hydrogen-bond donors (Lipinski definition) is 1. The van der Waals surface area contributed by atoms with Crippen molar-refractivity contribution in [2.45, 2.75) is 62.8 Å². The third kappa shape index (κ3) is 5.96. The van der Waals surface area contributed by atoms with Crippen LogP contribution in [0.15, 0.2) is 30.5 Å². The van der Waals surface area contributed by atoms with Gasteiger partial charge in [0.1, 0.15) is 28.4 Å². The van der Waals surface area contributed by atoms with E-state index in [1.807, 2.05) is 6.20 Å². The molecule has 2 aliphatic carbocycles. The molecule has 0 amide bonds. The van der Waals surface area contributed by atoms with Crippen LogP contribution in [0.3, 0.4) is 0 Å². The topological polar surface area (TPSA) is 101 Å². The molecule has 55 heavy (non-hydrogen) atoms. The first-order chi connectivity index (χ1) is 26.7. The van der Waals surface area contributed by atoms with Crippen molar-refractivity contribution in [1.29, 1.82) is 0 Å². The van der Waals surface area contributed by atoms with Crippen LogP contribution < -0.4 is 9.64 Å². The van der Waals surface area contributed by atoms with E-state index in [-0.39, 0.29) is 51.5 Å². The molecule has 10 rings (SSSR count). The normalized spacial score (nSPS) is 24.5. The Morgan fingerprint density at radius 3 is 2.67 bits per heavy atom. The SMILES string of the molecule is C#Cc1c(F)ccc2cc(O)cc(-c3c(F)c4nc(OCC5(CN6CCOC7CC76)CC5)nc(N5C6CCC5CN(CCCOC)C6)c4c4cn(C)nc34)c12. The van der Waals surface area contributed by atoms with Gasteiger partial charge in [-0.15, -0.1) is 6.42 Å². The number of anilines is 1. The van der Waals surface area contributed by atoms with Crippen LogP contribution in [0.1, 0.15) is 44.1 Å². The van der Waals surface area contributed by atoms with Gasteiger partial charge in [0.2, 0.25) is 0 Å². The van der Waals surface area contributed by atoms with Gasteiger partial charge in [0, 0.05) is 99.6 Å². The molecule has 5 heterocycles. The molecule has 2 saturated carbocycles. The van der Waals surface area contributed by atoms with Crippen molar-refractivity contribution in [3.05, 3.63) is 47.7 Å². The lowest BCUT2D eigenvalue weighted by Gasteiger charge is -2.42. The molecule has 1 N–H and O–H groups in total. The summed E-state index contributed by atoms with van der Waals surface area (Å²) in [5, 5.41) is 17.7. The van der Waals surface area contributed by atoms with E-state index in [1.54, 1.807) is 18.8 Å². The number of nitrogens with zero attached hydrogens (tertiary/aromatic N) is 7. The van der Waals surface area contributed by atoms with Gasteiger partial charge in [-0.05, 0) is 67.7 Å². The Morgan fingerprint density at radius 1 is 1.09 bits per heavy atom. The summed E-state index contributed by atoms with van der Waals surface area (Å²) in [5.41, 5.74) is 0.721. The highest BCUT2D eigenvalue weighted by atomic mass is 19.1. The van der Waals surface area contributed by atoms with E-state index in [4.69, 9.17) is 35.7 Å². The van der Waals surface area contributed by atoms with Crippen molar-refractivity contribution in [3.63, 3.8) is 0 Å². The van der Waals surface area contributed by atoms with Crippen molar-refractivity contribution in [2.75, 3.05) is 64.6 Å². The fourth-order valence-corrected chi connectivity index (χ4v) is 9.71. The number of morpholine rings is 1. The van der Waals surface area contributed by atoms with Gasteiger partial charge < -0.3 is 24.2 Å². The van der Waals surface area contributed by atoms with E-state index >= 15 is 8.78 Å². The maximum Gasteiger partial charge on any atom is 0.319 e. The quantitative estimate of drug-likeness (QED) is 0.135. The highest BCUT2D eigenvalue weighted by Crippen LogP contribution is 2.50. The molecule has 4 atom stereocenters. The van der Waals surface area contributed by atoms with Crippen LogP contribution in [-0.2, 0) is 16.5 Å². The van der Waals surface area contributed by atoms with Crippen molar-refractivity contribution < 1.29 is 28.1 Å². The zero-order chi connectivity index (χ0) is 37.6. The number of ether oxygens (including phenoxy) is 3. The molecule has 3 aliphatic heterocycles. The molecular formula is C42H45F2N7O4. The molecule has 3 aromatic carbocycles. The highest BCUT2D eigenvalue weighted by Gasteiger charge is 2.52. The first-order valence-corrected chi connectivity index (χ1v) is 19.5. The van der Waals surface area contributed by atoms with Crippen LogP contribution in [0.4, 0.5) is 14.6 Å². The number of likely N-dealkylation sites (tertiary alicyclic amines) is 1. The molecule has 0 spiro atoms. The predicted molar refractivity (Wildman–Crippen MR) is 205 cm³/mol. The lowest BCUT2D eigenvalue weighted by Crippen LogP contribution is -2.54. The number of phenolic OH excluding ortho intramolecular Hbond substituents is 1. The van der Waals surface area contributed by atoms with Crippen molar-refractivity contribution >= 4 is 38.4 Å². The molecule has 286 valence electrons. The van der Waals surface area contributed by atoms with Crippen molar-refractivity contribution in [3.8, 4) is 35.2 Å². The summed E-state index contributed by atoms with van der Waals surface area (Å²) >= 11 is 0. The fourth-order valence-electron chi connectivity index (χ4n) is 9.71. The number of aryl methyl sites for hydroxylation is 1. The Balaban J connectivity index is 1.13. The van der Waals surface area contributed by atoms with Crippen LogP contribution in [0, 0.1) is 29.4 Å². The third-order valence-corrected chi connectivity index (χ3v) is 12.6. The van der Waals surface area contributed by atoms with E-state index in [0.717, 1.165) is 77.9 Å². The number of fused-ring (bicyclic) bond motifs is 7. The molecule has 0 radical (unpaired) electrons.